The fraction of sp³-hybridized carbons (Fsp3) is 0.250. The van der Waals surface area contributed by atoms with Gasteiger partial charge in [0.1, 0.15) is 11.8 Å². The number of aromatic nitrogens is 1. The quantitative estimate of drug-likeness (QED) is 0.643. The van der Waals surface area contributed by atoms with E-state index < -0.39 is 11.6 Å². The van der Waals surface area contributed by atoms with Crippen molar-refractivity contribution in [1.82, 2.24) is 4.98 Å². The Morgan fingerprint density at radius 2 is 2.17 bits per heavy atom. The number of hydrogen-bond acceptors (Lipinski definition) is 2. The van der Waals surface area contributed by atoms with Crippen molar-refractivity contribution in [3.63, 3.8) is 0 Å². The summed E-state index contributed by atoms with van der Waals surface area (Å²) in [6, 6.07) is 5.07. The molecule has 0 radical (unpaired) electrons. The first-order valence-electron chi connectivity index (χ1n) is 3.29. The van der Waals surface area contributed by atoms with Crippen LogP contribution in [0.25, 0.3) is 0 Å². The lowest BCUT2D eigenvalue weighted by Crippen LogP contribution is -2.12. The van der Waals surface area contributed by atoms with E-state index in [2.05, 4.69) is 4.98 Å². The summed E-state index contributed by atoms with van der Waals surface area (Å²) in [6.45, 7) is 1.59. The van der Waals surface area contributed by atoms with Crippen molar-refractivity contribution in [2.45, 2.75) is 12.8 Å². The lowest BCUT2D eigenvalue weighted by atomic mass is 10.2. The Hall–Kier alpha value is -1.50. The minimum absolute atomic E-state index is 0.474. The summed E-state index contributed by atoms with van der Waals surface area (Å²) >= 11 is 0. The molecule has 0 aliphatic carbocycles. The Balaban J connectivity index is 3.14. The molecular weight excluding hydrogens is 162 g/mol. The van der Waals surface area contributed by atoms with Gasteiger partial charge in [0.2, 0.25) is 0 Å². The van der Waals surface area contributed by atoms with Crippen molar-refractivity contribution in [2.75, 3.05) is 0 Å². The molecule has 0 N–H and O–H groups in total. The second-order valence-electron chi connectivity index (χ2n) is 2.35. The van der Waals surface area contributed by atoms with E-state index in [4.69, 9.17) is 5.26 Å². The molecule has 0 aromatic carbocycles. The average Bonchev–Trinajstić information content (AvgIpc) is 2.05. The highest BCUT2D eigenvalue weighted by Crippen LogP contribution is 2.24. The fourth-order valence-electron chi connectivity index (χ4n) is 0.775. The largest absolute Gasteiger partial charge is 0.373 e. The number of nitrogens with zero attached hydrogens (tertiary/aromatic N) is 2. The lowest BCUT2D eigenvalue weighted by Gasteiger charge is -2.05. The van der Waals surface area contributed by atoms with E-state index in [1.165, 1.54) is 6.07 Å². The molecule has 0 aliphatic rings. The number of nitriles is 1. The number of aryl methyl sites for hydroxylation is 1. The van der Waals surface area contributed by atoms with Crippen molar-refractivity contribution in [3.8, 4) is 6.07 Å². The zero-order valence-electron chi connectivity index (χ0n) is 6.38. The molecule has 0 saturated heterocycles. The van der Waals surface area contributed by atoms with Crippen LogP contribution in [-0.4, -0.2) is 4.98 Å². The highest BCUT2D eigenvalue weighted by Gasteiger charge is 2.32. The molecule has 0 atom stereocenters. The third kappa shape index (κ3) is 1.56. The molecule has 0 unspecified atom stereocenters. The van der Waals surface area contributed by atoms with Crippen molar-refractivity contribution in [2.24, 2.45) is 0 Å². The van der Waals surface area contributed by atoms with Gasteiger partial charge in [-0.1, -0.05) is 6.07 Å². The van der Waals surface area contributed by atoms with Crippen LogP contribution in [-0.2, 0) is 5.92 Å². The van der Waals surface area contributed by atoms with E-state index in [1.54, 1.807) is 13.0 Å². The Bertz CT molecular complexity index is 328. The molecule has 0 fully saturated rings. The topological polar surface area (TPSA) is 36.7 Å². The zero-order valence-corrected chi connectivity index (χ0v) is 6.38. The molecule has 1 rings (SSSR count). The molecule has 0 aliphatic heterocycles. The summed E-state index contributed by atoms with van der Waals surface area (Å²) < 4.78 is 25.3. The fourth-order valence-corrected chi connectivity index (χ4v) is 0.775. The van der Waals surface area contributed by atoms with Crippen LogP contribution in [0.2, 0.25) is 0 Å². The molecule has 0 amide bonds. The maximum absolute atomic E-state index is 12.6. The summed E-state index contributed by atoms with van der Waals surface area (Å²) in [7, 11) is 0. The normalized spacial score (nSPS) is 10.8. The van der Waals surface area contributed by atoms with Crippen LogP contribution in [0.15, 0.2) is 18.2 Å². The van der Waals surface area contributed by atoms with Crippen LogP contribution in [0, 0.1) is 18.3 Å². The van der Waals surface area contributed by atoms with Crippen molar-refractivity contribution in [3.05, 3.63) is 29.6 Å². The van der Waals surface area contributed by atoms with Gasteiger partial charge in [-0.05, 0) is 19.1 Å². The Morgan fingerprint density at radius 1 is 1.50 bits per heavy atom. The highest BCUT2D eigenvalue weighted by atomic mass is 19.3. The third-order valence-electron chi connectivity index (χ3n) is 1.35. The Kier molecular flexibility index (Phi) is 2.05. The minimum atomic E-state index is -3.48. The Morgan fingerprint density at radius 3 is 2.67 bits per heavy atom. The number of halogens is 2. The van der Waals surface area contributed by atoms with Gasteiger partial charge in [-0.15, -0.1) is 0 Å². The number of hydrogen-bond donors (Lipinski definition) is 0. The van der Waals surface area contributed by atoms with Crippen LogP contribution >= 0.6 is 0 Å². The van der Waals surface area contributed by atoms with Crippen LogP contribution in [0.5, 0.6) is 0 Å². The van der Waals surface area contributed by atoms with Crippen LogP contribution in [0.4, 0.5) is 8.78 Å². The maximum Gasteiger partial charge on any atom is 0.373 e. The smallest absolute Gasteiger partial charge is 0.251 e. The van der Waals surface area contributed by atoms with E-state index in [0.29, 0.717) is 5.69 Å². The molecule has 4 heteroatoms. The Labute approximate surface area is 68.5 Å². The molecule has 1 aromatic rings. The monoisotopic (exact) mass is 168 g/mol. The summed E-state index contributed by atoms with van der Waals surface area (Å²) in [5.74, 6) is -3.48. The van der Waals surface area contributed by atoms with Crippen LogP contribution in [0.1, 0.15) is 11.4 Å². The molecule has 0 saturated carbocycles. The lowest BCUT2D eigenvalue weighted by molar-refractivity contribution is 0.0562. The summed E-state index contributed by atoms with van der Waals surface area (Å²) in [4.78, 5) is 3.54. The average molecular weight is 168 g/mol. The minimum Gasteiger partial charge on any atom is -0.251 e. The molecule has 12 heavy (non-hydrogen) atoms. The molecule has 1 aromatic heterocycles. The van der Waals surface area contributed by atoms with E-state index >= 15 is 0 Å². The van der Waals surface area contributed by atoms with Gasteiger partial charge in [-0.3, -0.25) is 4.98 Å². The predicted octanol–water partition coefficient (Wildman–Crippen LogP) is 2.01. The number of rotatable bonds is 1. The second-order valence-corrected chi connectivity index (χ2v) is 2.35. The van der Waals surface area contributed by atoms with Gasteiger partial charge in [-0.2, -0.15) is 14.0 Å². The zero-order chi connectivity index (χ0) is 9.19. The van der Waals surface area contributed by atoms with Gasteiger partial charge in [-0.25, -0.2) is 0 Å². The molecule has 1 heterocycles. The number of pyridine rings is 1. The van der Waals surface area contributed by atoms with Crippen molar-refractivity contribution < 1.29 is 8.78 Å². The van der Waals surface area contributed by atoms with Gasteiger partial charge in [0.15, 0.2) is 0 Å². The molecule has 0 bridgehead atoms. The van der Waals surface area contributed by atoms with Crippen molar-refractivity contribution in [1.29, 1.82) is 5.26 Å². The van der Waals surface area contributed by atoms with E-state index in [-0.39, 0.29) is 0 Å². The summed E-state index contributed by atoms with van der Waals surface area (Å²) in [5.41, 5.74) is -0.0209. The van der Waals surface area contributed by atoms with Crippen LogP contribution in [0.3, 0.4) is 0 Å². The maximum atomic E-state index is 12.6. The predicted molar refractivity (Wildman–Crippen MR) is 38.5 cm³/mol. The standard InChI is InChI=1S/C8H6F2N2/c1-6-3-2-4-7(12-6)8(9,10)5-11/h2-4H,1H3. The van der Waals surface area contributed by atoms with E-state index in [1.807, 2.05) is 0 Å². The first-order chi connectivity index (χ1) is 5.56. The van der Waals surface area contributed by atoms with Crippen LogP contribution < -0.4 is 0 Å². The van der Waals surface area contributed by atoms with Gasteiger partial charge in [0.25, 0.3) is 0 Å². The van der Waals surface area contributed by atoms with E-state index in [9.17, 15) is 8.78 Å². The van der Waals surface area contributed by atoms with Gasteiger partial charge in [0.05, 0.1) is 0 Å². The van der Waals surface area contributed by atoms with Gasteiger partial charge < -0.3 is 0 Å². The molecular formula is C8H6F2N2. The molecule has 2 nitrogen and oxygen atoms in total. The third-order valence-corrected chi connectivity index (χ3v) is 1.35. The van der Waals surface area contributed by atoms with E-state index in [0.717, 1.165) is 12.1 Å². The van der Waals surface area contributed by atoms with Crippen molar-refractivity contribution >= 4 is 0 Å². The van der Waals surface area contributed by atoms with Gasteiger partial charge in [0, 0.05) is 5.69 Å². The van der Waals surface area contributed by atoms with Gasteiger partial charge >= 0.3 is 5.92 Å². The highest BCUT2D eigenvalue weighted by molar-refractivity contribution is 5.19. The second kappa shape index (κ2) is 2.86. The summed E-state index contributed by atoms with van der Waals surface area (Å²) in [6.07, 6.45) is 0. The summed E-state index contributed by atoms with van der Waals surface area (Å²) in [5, 5.41) is 8.10. The SMILES string of the molecule is Cc1cccc(C(F)(F)C#N)n1. The number of alkyl halides is 2. The first-order valence-corrected chi connectivity index (χ1v) is 3.29. The molecule has 62 valence electrons. The molecule has 0 spiro atoms. The first kappa shape index (κ1) is 8.60.